The number of rotatable bonds is 4. The van der Waals surface area contributed by atoms with Crippen molar-refractivity contribution in [2.75, 3.05) is 11.0 Å². The highest BCUT2D eigenvalue weighted by atomic mass is 35.5. The molecule has 124 valence electrons. The molecule has 2 aromatic carbocycles. The van der Waals surface area contributed by atoms with E-state index in [1.807, 2.05) is 0 Å². The van der Waals surface area contributed by atoms with E-state index >= 15 is 0 Å². The van der Waals surface area contributed by atoms with Gasteiger partial charge in [0.15, 0.2) is 5.82 Å². The van der Waals surface area contributed by atoms with Gasteiger partial charge in [-0.25, -0.2) is 13.1 Å². The molecule has 6 nitrogen and oxygen atoms in total. The van der Waals surface area contributed by atoms with Crippen molar-refractivity contribution in [1.82, 2.24) is 14.8 Å². The monoisotopic (exact) mass is 382 g/mol. The molecule has 0 saturated carbocycles. The molecule has 0 aliphatic rings. The molecule has 0 atom stereocenters. The largest absolute Gasteiger partial charge is 0.256 e. The van der Waals surface area contributed by atoms with Crippen LogP contribution in [0.15, 0.2) is 48.5 Å². The zero-order valence-corrected chi connectivity index (χ0v) is 14.8. The molecule has 0 fully saturated rings. The first-order valence-corrected chi connectivity index (χ1v) is 9.43. The van der Waals surface area contributed by atoms with Crippen LogP contribution in [0, 0.1) is 0 Å². The van der Waals surface area contributed by atoms with Gasteiger partial charge in [-0.1, -0.05) is 23.2 Å². The number of aromatic nitrogens is 3. The predicted molar refractivity (Wildman–Crippen MR) is 95.3 cm³/mol. The number of anilines is 1. The lowest BCUT2D eigenvalue weighted by Gasteiger charge is -2.06. The Bertz CT molecular complexity index is 905. The smallest absolute Gasteiger partial charge is 0.250 e. The van der Waals surface area contributed by atoms with Gasteiger partial charge in [0, 0.05) is 15.6 Å². The summed E-state index contributed by atoms with van der Waals surface area (Å²) >= 11 is 11.8. The van der Waals surface area contributed by atoms with Crippen LogP contribution in [-0.4, -0.2) is 29.4 Å². The van der Waals surface area contributed by atoms with Gasteiger partial charge < -0.3 is 0 Å². The van der Waals surface area contributed by atoms with Gasteiger partial charge in [0.25, 0.3) is 5.95 Å². The number of sulfonamides is 1. The molecule has 0 amide bonds. The highest BCUT2D eigenvalue weighted by molar-refractivity contribution is 7.91. The number of benzene rings is 2. The molecule has 0 bridgehead atoms. The molecule has 3 aromatic rings. The van der Waals surface area contributed by atoms with E-state index < -0.39 is 10.0 Å². The van der Waals surface area contributed by atoms with E-state index in [-0.39, 0.29) is 5.95 Å². The van der Waals surface area contributed by atoms with Crippen LogP contribution < -0.4 is 4.72 Å². The topological polar surface area (TPSA) is 76.9 Å². The minimum absolute atomic E-state index is 0.0163. The fraction of sp³-hybridized carbons (Fsp3) is 0.0667. The van der Waals surface area contributed by atoms with Crippen molar-refractivity contribution in [1.29, 1.82) is 0 Å². The van der Waals surface area contributed by atoms with E-state index in [4.69, 9.17) is 23.2 Å². The minimum Gasteiger partial charge on any atom is -0.250 e. The molecule has 0 aliphatic carbocycles. The fourth-order valence-corrected chi connectivity index (χ4v) is 2.74. The second kappa shape index (κ2) is 6.43. The highest BCUT2D eigenvalue weighted by Crippen LogP contribution is 2.25. The first-order valence-electron chi connectivity index (χ1n) is 6.78. The van der Waals surface area contributed by atoms with Crippen LogP contribution in [0.2, 0.25) is 10.0 Å². The van der Waals surface area contributed by atoms with Crippen LogP contribution in [-0.2, 0) is 10.0 Å². The third kappa shape index (κ3) is 3.87. The van der Waals surface area contributed by atoms with Gasteiger partial charge in [0.05, 0.1) is 11.9 Å². The molecule has 0 aliphatic heterocycles. The van der Waals surface area contributed by atoms with Crippen molar-refractivity contribution in [3.8, 4) is 17.1 Å². The minimum atomic E-state index is -3.49. The van der Waals surface area contributed by atoms with Gasteiger partial charge in [-0.05, 0) is 48.5 Å². The maximum atomic E-state index is 11.4. The third-order valence-electron chi connectivity index (χ3n) is 3.06. The van der Waals surface area contributed by atoms with Gasteiger partial charge in [-0.2, -0.15) is 4.98 Å². The zero-order chi connectivity index (χ0) is 17.3. The lowest BCUT2D eigenvalue weighted by molar-refractivity contribution is 0.606. The SMILES string of the molecule is CS(=O)(=O)Nc1nc(-c2ccc(Cl)cc2)n(-c2ccc(Cl)cc2)n1. The second-order valence-corrected chi connectivity index (χ2v) is 7.65. The van der Waals surface area contributed by atoms with Crippen LogP contribution >= 0.6 is 23.2 Å². The van der Waals surface area contributed by atoms with Gasteiger partial charge in [0.1, 0.15) is 0 Å². The Morgan fingerprint density at radius 1 is 0.958 bits per heavy atom. The lowest BCUT2D eigenvalue weighted by atomic mass is 10.2. The van der Waals surface area contributed by atoms with Crippen molar-refractivity contribution in [2.45, 2.75) is 0 Å². The van der Waals surface area contributed by atoms with Gasteiger partial charge in [-0.15, -0.1) is 5.10 Å². The molecular formula is C15H12Cl2N4O2S. The Kier molecular flexibility index (Phi) is 4.49. The van der Waals surface area contributed by atoms with E-state index in [1.165, 1.54) is 4.68 Å². The molecule has 0 radical (unpaired) electrons. The Morgan fingerprint density at radius 3 is 2.04 bits per heavy atom. The molecule has 3 rings (SSSR count). The lowest BCUT2D eigenvalue weighted by Crippen LogP contribution is -2.11. The summed E-state index contributed by atoms with van der Waals surface area (Å²) in [7, 11) is -3.49. The molecule has 24 heavy (non-hydrogen) atoms. The maximum Gasteiger partial charge on any atom is 0.256 e. The molecular weight excluding hydrogens is 371 g/mol. The Morgan fingerprint density at radius 2 is 1.50 bits per heavy atom. The summed E-state index contributed by atoms with van der Waals surface area (Å²) in [4.78, 5) is 4.28. The van der Waals surface area contributed by atoms with Crippen LogP contribution in [0.25, 0.3) is 17.1 Å². The van der Waals surface area contributed by atoms with E-state index in [0.29, 0.717) is 21.6 Å². The van der Waals surface area contributed by atoms with Crippen molar-refractivity contribution < 1.29 is 8.42 Å². The number of halogens is 2. The first-order chi connectivity index (χ1) is 11.3. The van der Waals surface area contributed by atoms with Crippen LogP contribution in [0.4, 0.5) is 5.95 Å². The number of hydrogen-bond donors (Lipinski definition) is 1. The average molecular weight is 383 g/mol. The molecule has 0 spiro atoms. The quantitative estimate of drug-likeness (QED) is 0.747. The summed E-state index contributed by atoms with van der Waals surface area (Å²) in [6.07, 6.45) is 1.04. The standard InChI is InChI=1S/C15H12Cl2N4O2S/c1-24(22,23)20-15-18-14(10-2-4-11(16)5-3-10)21(19-15)13-8-6-12(17)7-9-13/h2-9H,1H3,(H,19,20). The predicted octanol–water partition coefficient (Wildman–Crippen LogP) is 3.61. The van der Waals surface area contributed by atoms with Crippen molar-refractivity contribution in [2.24, 2.45) is 0 Å². The van der Waals surface area contributed by atoms with Crippen molar-refractivity contribution in [3.05, 3.63) is 58.6 Å². The zero-order valence-electron chi connectivity index (χ0n) is 12.4. The normalized spacial score (nSPS) is 11.5. The number of hydrogen-bond acceptors (Lipinski definition) is 4. The van der Waals surface area contributed by atoms with E-state index in [9.17, 15) is 8.42 Å². The molecule has 1 aromatic heterocycles. The van der Waals surface area contributed by atoms with E-state index in [1.54, 1.807) is 48.5 Å². The first kappa shape index (κ1) is 16.8. The Hall–Kier alpha value is -2.09. The second-order valence-electron chi connectivity index (χ2n) is 5.03. The Balaban J connectivity index is 2.14. The molecule has 1 N–H and O–H groups in total. The summed E-state index contributed by atoms with van der Waals surface area (Å²) in [5.41, 5.74) is 1.43. The van der Waals surface area contributed by atoms with E-state index in [0.717, 1.165) is 11.8 Å². The third-order valence-corrected chi connectivity index (χ3v) is 4.11. The average Bonchev–Trinajstić information content (AvgIpc) is 2.90. The van der Waals surface area contributed by atoms with Crippen molar-refractivity contribution in [3.63, 3.8) is 0 Å². The van der Waals surface area contributed by atoms with Crippen LogP contribution in [0.5, 0.6) is 0 Å². The summed E-state index contributed by atoms with van der Waals surface area (Å²) in [6.45, 7) is 0. The van der Waals surface area contributed by atoms with Crippen LogP contribution in [0.3, 0.4) is 0 Å². The van der Waals surface area contributed by atoms with Crippen LogP contribution in [0.1, 0.15) is 0 Å². The number of nitrogens with one attached hydrogen (secondary N) is 1. The highest BCUT2D eigenvalue weighted by Gasteiger charge is 2.16. The summed E-state index contributed by atoms with van der Waals surface area (Å²) in [6, 6.07) is 14.0. The molecule has 0 saturated heterocycles. The summed E-state index contributed by atoms with van der Waals surface area (Å²) < 4.78 is 26.7. The summed E-state index contributed by atoms with van der Waals surface area (Å²) in [5, 5.41) is 5.41. The molecule has 9 heteroatoms. The van der Waals surface area contributed by atoms with Gasteiger partial charge in [-0.3, -0.25) is 4.72 Å². The summed E-state index contributed by atoms with van der Waals surface area (Å²) in [5.74, 6) is 0.456. The van der Waals surface area contributed by atoms with Gasteiger partial charge in [0.2, 0.25) is 10.0 Å². The number of nitrogens with zero attached hydrogens (tertiary/aromatic N) is 3. The van der Waals surface area contributed by atoms with Gasteiger partial charge >= 0.3 is 0 Å². The molecule has 1 heterocycles. The molecule has 0 unspecified atom stereocenters. The Labute approximate surface area is 149 Å². The van der Waals surface area contributed by atoms with Crippen molar-refractivity contribution >= 4 is 39.2 Å². The maximum absolute atomic E-state index is 11.4. The fourth-order valence-electron chi connectivity index (χ4n) is 2.07. The van der Waals surface area contributed by atoms with E-state index in [2.05, 4.69) is 14.8 Å².